The summed E-state index contributed by atoms with van der Waals surface area (Å²) in [4.78, 5) is 0. The Hall–Kier alpha value is -3.22. The number of rotatable bonds is 9. The molecule has 0 radical (unpaired) electrons. The van der Waals surface area contributed by atoms with E-state index in [-0.39, 0.29) is 17.2 Å². The molecule has 6 nitrogen and oxygen atoms in total. The maximum atomic E-state index is 11.1. The van der Waals surface area contributed by atoms with Crippen LogP contribution in [0.5, 0.6) is 23.0 Å². The van der Waals surface area contributed by atoms with E-state index in [4.69, 9.17) is 14.2 Å². The molecule has 3 aromatic rings. The molecule has 0 aliphatic heterocycles. The van der Waals surface area contributed by atoms with Crippen LogP contribution in [-0.2, 0) is 35.5 Å². The van der Waals surface area contributed by atoms with Gasteiger partial charge in [0.05, 0.1) is 20.3 Å². The van der Waals surface area contributed by atoms with E-state index in [9.17, 15) is 15.3 Å². The highest BCUT2D eigenvalue weighted by molar-refractivity contribution is 5.52. The third-order valence-electron chi connectivity index (χ3n) is 5.74. The summed E-state index contributed by atoms with van der Waals surface area (Å²) in [6, 6.07) is 11.3. The van der Waals surface area contributed by atoms with Crippen molar-refractivity contribution in [3.8, 4) is 23.0 Å². The Balaban J connectivity index is 1.99. The Morgan fingerprint density at radius 2 is 1.00 bits per heavy atom. The molecular formula is C27H32O6. The minimum absolute atomic E-state index is 0.203. The van der Waals surface area contributed by atoms with Crippen LogP contribution in [0.25, 0.3) is 0 Å². The molecule has 3 aromatic carbocycles. The zero-order chi connectivity index (χ0) is 24.1. The fourth-order valence-electron chi connectivity index (χ4n) is 4.16. The Morgan fingerprint density at radius 1 is 0.576 bits per heavy atom. The highest BCUT2D eigenvalue weighted by atomic mass is 16.5. The fourth-order valence-corrected chi connectivity index (χ4v) is 4.16. The monoisotopic (exact) mass is 452 g/mol. The van der Waals surface area contributed by atoms with Crippen LogP contribution in [0.15, 0.2) is 36.4 Å². The Labute approximate surface area is 195 Å². The highest BCUT2D eigenvalue weighted by Gasteiger charge is 2.15. The Morgan fingerprint density at radius 3 is 1.36 bits per heavy atom. The molecule has 33 heavy (non-hydrogen) atoms. The molecule has 176 valence electrons. The third-order valence-corrected chi connectivity index (χ3v) is 5.74. The maximum absolute atomic E-state index is 11.1. The largest absolute Gasteiger partial charge is 0.507 e. The van der Waals surface area contributed by atoms with E-state index in [0.717, 1.165) is 33.4 Å². The van der Waals surface area contributed by atoms with Crippen LogP contribution in [0.3, 0.4) is 0 Å². The minimum atomic E-state index is 0.203. The number of ether oxygens (including phenoxy) is 3. The molecule has 0 amide bonds. The number of aryl methyl sites for hydroxylation is 2. The van der Waals surface area contributed by atoms with Crippen molar-refractivity contribution in [3.63, 3.8) is 0 Å². The van der Waals surface area contributed by atoms with Crippen molar-refractivity contribution >= 4 is 0 Å². The van der Waals surface area contributed by atoms with Gasteiger partial charge in [-0.15, -0.1) is 0 Å². The third kappa shape index (κ3) is 5.59. The second kappa shape index (κ2) is 10.6. The first-order valence-corrected chi connectivity index (χ1v) is 10.8. The number of aromatic hydroxyl groups is 3. The van der Waals surface area contributed by atoms with Crippen LogP contribution in [0, 0.1) is 13.8 Å². The number of hydrogen-bond acceptors (Lipinski definition) is 6. The summed E-state index contributed by atoms with van der Waals surface area (Å²) in [5.41, 5.74) is 6.29. The van der Waals surface area contributed by atoms with Gasteiger partial charge < -0.3 is 29.5 Å². The van der Waals surface area contributed by atoms with Gasteiger partial charge in [-0.3, -0.25) is 0 Å². The van der Waals surface area contributed by atoms with Crippen LogP contribution in [0.4, 0.5) is 0 Å². The molecule has 0 saturated heterocycles. The van der Waals surface area contributed by atoms with E-state index < -0.39 is 0 Å². The zero-order valence-corrected chi connectivity index (χ0v) is 19.9. The lowest BCUT2D eigenvalue weighted by Crippen LogP contribution is -2.00. The molecule has 3 N–H and O–H groups in total. The lowest BCUT2D eigenvalue weighted by atomic mass is 9.94. The van der Waals surface area contributed by atoms with Gasteiger partial charge in [0.15, 0.2) is 0 Å². The van der Waals surface area contributed by atoms with Crippen molar-refractivity contribution in [3.05, 3.63) is 80.9 Å². The SMILES string of the molecule is COCc1cc(Cc2cc(OC)cc(Cc3cc(C)c(O)c(COC)c3)c2O)cc(C)c1O. The summed E-state index contributed by atoms with van der Waals surface area (Å²) in [6.07, 6.45) is 0.939. The van der Waals surface area contributed by atoms with Crippen LogP contribution in [-0.4, -0.2) is 36.6 Å². The fraction of sp³-hybridized carbons (Fsp3) is 0.333. The molecule has 0 heterocycles. The van der Waals surface area contributed by atoms with Crippen molar-refractivity contribution < 1.29 is 29.5 Å². The van der Waals surface area contributed by atoms with E-state index >= 15 is 0 Å². The molecular weight excluding hydrogens is 420 g/mol. The molecule has 0 aliphatic carbocycles. The molecule has 6 heteroatoms. The molecule has 0 atom stereocenters. The average Bonchev–Trinajstić information content (AvgIpc) is 2.78. The summed E-state index contributed by atoms with van der Waals surface area (Å²) in [7, 11) is 4.78. The standard InChI is InChI=1S/C27H32O6/c1-16-6-18(10-22(14-31-3)25(16)28)8-20-12-24(33-5)13-21(27(20)30)9-19-7-17(2)26(29)23(11-19)15-32-4/h6-7,10-13,28-30H,8-9,14-15H2,1-5H3. The van der Waals surface area contributed by atoms with Gasteiger partial charge in [0.2, 0.25) is 0 Å². The molecule has 0 saturated carbocycles. The van der Waals surface area contributed by atoms with E-state index in [2.05, 4.69) is 0 Å². The van der Waals surface area contributed by atoms with Gasteiger partial charge in [-0.2, -0.15) is 0 Å². The van der Waals surface area contributed by atoms with E-state index in [0.29, 0.717) is 42.9 Å². The number of phenols is 3. The molecule has 0 aromatic heterocycles. The Kier molecular flexibility index (Phi) is 7.84. The predicted octanol–water partition coefficient (Wildman–Crippen LogP) is 4.90. The van der Waals surface area contributed by atoms with Gasteiger partial charge in [0.25, 0.3) is 0 Å². The molecule has 0 fully saturated rings. The quantitative estimate of drug-likeness (QED) is 0.428. The molecule has 0 spiro atoms. The zero-order valence-electron chi connectivity index (χ0n) is 19.9. The lowest BCUT2D eigenvalue weighted by molar-refractivity contribution is 0.182. The molecule has 0 bridgehead atoms. The summed E-state index contributed by atoms with van der Waals surface area (Å²) >= 11 is 0. The smallest absolute Gasteiger partial charge is 0.124 e. The summed E-state index contributed by atoms with van der Waals surface area (Å²) < 4.78 is 15.9. The normalized spacial score (nSPS) is 11.1. The summed E-state index contributed by atoms with van der Waals surface area (Å²) in [6.45, 7) is 4.30. The van der Waals surface area contributed by atoms with Crippen LogP contribution in [0.2, 0.25) is 0 Å². The molecule has 0 unspecified atom stereocenters. The van der Waals surface area contributed by atoms with Crippen LogP contribution >= 0.6 is 0 Å². The van der Waals surface area contributed by atoms with Crippen molar-refractivity contribution in [1.82, 2.24) is 0 Å². The second-order valence-corrected chi connectivity index (χ2v) is 8.35. The first kappa shape index (κ1) is 24.4. The predicted molar refractivity (Wildman–Crippen MR) is 127 cm³/mol. The first-order valence-electron chi connectivity index (χ1n) is 10.8. The lowest BCUT2D eigenvalue weighted by Gasteiger charge is -2.16. The van der Waals surface area contributed by atoms with Gasteiger partial charge in [-0.25, -0.2) is 0 Å². The van der Waals surface area contributed by atoms with Gasteiger partial charge >= 0.3 is 0 Å². The number of benzene rings is 3. The number of hydrogen-bond donors (Lipinski definition) is 3. The maximum Gasteiger partial charge on any atom is 0.124 e. The second-order valence-electron chi connectivity index (χ2n) is 8.35. The van der Waals surface area contributed by atoms with Gasteiger partial charge in [-0.05, 0) is 60.4 Å². The summed E-state index contributed by atoms with van der Waals surface area (Å²) in [5.74, 6) is 1.31. The number of phenolic OH excluding ortho intramolecular Hbond substituents is 3. The summed E-state index contributed by atoms with van der Waals surface area (Å²) in [5, 5.41) is 31.7. The van der Waals surface area contributed by atoms with Gasteiger partial charge in [0.1, 0.15) is 23.0 Å². The van der Waals surface area contributed by atoms with E-state index in [1.807, 2.05) is 50.2 Å². The van der Waals surface area contributed by atoms with Crippen molar-refractivity contribution in [2.75, 3.05) is 21.3 Å². The minimum Gasteiger partial charge on any atom is -0.507 e. The molecule has 0 aliphatic rings. The van der Waals surface area contributed by atoms with Crippen LogP contribution < -0.4 is 4.74 Å². The van der Waals surface area contributed by atoms with Gasteiger partial charge in [-0.1, -0.05) is 12.1 Å². The van der Waals surface area contributed by atoms with Gasteiger partial charge in [0, 0.05) is 49.3 Å². The van der Waals surface area contributed by atoms with E-state index in [1.54, 1.807) is 21.3 Å². The topological polar surface area (TPSA) is 88.4 Å². The Bertz CT molecular complexity index is 1050. The van der Waals surface area contributed by atoms with E-state index in [1.165, 1.54) is 0 Å². The van der Waals surface area contributed by atoms with Crippen molar-refractivity contribution in [1.29, 1.82) is 0 Å². The number of methoxy groups -OCH3 is 3. The average molecular weight is 453 g/mol. The highest BCUT2D eigenvalue weighted by Crippen LogP contribution is 2.34. The van der Waals surface area contributed by atoms with Crippen molar-refractivity contribution in [2.24, 2.45) is 0 Å². The molecule has 3 rings (SSSR count). The van der Waals surface area contributed by atoms with Crippen molar-refractivity contribution in [2.45, 2.75) is 39.9 Å². The van der Waals surface area contributed by atoms with Crippen LogP contribution in [0.1, 0.15) is 44.5 Å². The first-order chi connectivity index (χ1) is 15.8.